The Morgan fingerprint density at radius 1 is 1.33 bits per heavy atom. The monoisotopic (exact) mass is 324 g/mol. The van der Waals surface area contributed by atoms with Gasteiger partial charge in [-0.2, -0.15) is 10.2 Å². The van der Waals surface area contributed by atoms with Gasteiger partial charge in [0.1, 0.15) is 0 Å². The Morgan fingerprint density at radius 3 is 2.71 bits per heavy atom. The van der Waals surface area contributed by atoms with Crippen molar-refractivity contribution in [3.63, 3.8) is 0 Å². The summed E-state index contributed by atoms with van der Waals surface area (Å²) in [7, 11) is 0. The van der Waals surface area contributed by atoms with Gasteiger partial charge in [0.15, 0.2) is 5.66 Å². The van der Waals surface area contributed by atoms with Gasteiger partial charge in [0, 0.05) is 50.1 Å². The van der Waals surface area contributed by atoms with Gasteiger partial charge in [0.25, 0.3) is 0 Å². The number of aryl methyl sites for hydroxylation is 1. The molecule has 3 rings (SSSR count). The van der Waals surface area contributed by atoms with E-state index in [1.54, 1.807) is 0 Å². The molecule has 2 heterocycles. The first-order valence-electron chi connectivity index (χ1n) is 8.65. The summed E-state index contributed by atoms with van der Waals surface area (Å²) in [5.74, 6) is 2.61. The maximum Gasteiger partial charge on any atom is 0.224 e. The van der Waals surface area contributed by atoms with Crippen LogP contribution in [0.4, 0.5) is 11.4 Å². The SMILES string of the molecule is C#CCCC1(CCC(=O)Nc2ccc(N3CCCC3)cc2C)N=N1. The summed E-state index contributed by atoms with van der Waals surface area (Å²) in [5.41, 5.74) is 2.82. The molecular weight excluding hydrogens is 300 g/mol. The van der Waals surface area contributed by atoms with Crippen LogP contribution in [-0.2, 0) is 4.79 Å². The Hall–Kier alpha value is -2.35. The van der Waals surface area contributed by atoms with Crippen molar-refractivity contribution in [2.45, 2.75) is 51.1 Å². The first kappa shape index (κ1) is 16.5. The lowest BCUT2D eigenvalue weighted by molar-refractivity contribution is -0.116. The fraction of sp³-hybridized carbons (Fsp3) is 0.526. The van der Waals surface area contributed by atoms with Crippen LogP contribution in [0.5, 0.6) is 0 Å². The second-order valence-electron chi connectivity index (χ2n) is 6.63. The van der Waals surface area contributed by atoms with E-state index < -0.39 is 5.66 Å². The van der Waals surface area contributed by atoms with Gasteiger partial charge in [-0.1, -0.05) is 0 Å². The minimum absolute atomic E-state index is 0.00408. The maximum absolute atomic E-state index is 12.2. The third-order valence-electron chi connectivity index (χ3n) is 4.76. The normalized spacial score (nSPS) is 17.6. The highest BCUT2D eigenvalue weighted by atomic mass is 16.1. The molecule has 1 N–H and O–H groups in total. The smallest absolute Gasteiger partial charge is 0.224 e. The van der Waals surface area contributed by atoms with Crippen LogP contribution >= 0.6 is 0 Å². The molecule has 1 aromatic rings. The molecule has 2 aliphatic rings. The molecule has 2 aliphatic heterocycles. The summed E-state index contributed by atoms with van der Waals surface area (Å²) in [6, 6.07) is 6.25. The van der Waals surface area contributed by atoms with Crippen LogP contribution in [0.25, 0.3) is 0 Å². The van der Waals surface area contributed by atoms with Gasteiger partial charge in [-0.15, -0.1) is 12.3 Å². The molecule has 1 amide bonds. The van der Waals surface area contributed by atoms with Crippen molar-refractivity contribution in [1.29, 1.82) is 0 Å². The molecule has 5 heteroatoms. The number of nitrogens with zero attached hydrogens (tertiary/aromatic N) is 3. The van der Waals surface area contributed by atoms with E-state index >= 15 is 0 Å². The van der Waals surface area contributed by atoms with Gasteiger partial charge in [0.2, 0.25) is 5.91 Å². The summed E-state index contributed by atoms with van der Waals surface area (Å²) < 4.78 is 0. The fourth-order valence-electron chi connectivity index (χ4n) is 3.15. The van der Waals surface area contributed by atoms with Crippen LogP contribution < -0.4 is 10.2 Å². The molecule has 0 aromatic heterocycles. The summed E-state index contributed by atoms with van der Waals surface area (Å²) in [6.07, 6.45) is 10.2. The highest BCUT2D eigenvalue weighted by Crippen LogP contribution is 2.37. The lowest BCUT2D eigenvalue weighted by Crippen LogP contribution is -2.19. The van der Waals surface area contributed by atoms with Crippen molar-refractivity contribution < 1.29 is 4.79 Å². The van der Waals surface area contributed by atoms with Crippen LogP contribution in [0.15, 0.2) is 28.4 Å². The van der Waals surface area contributed by atoms with Crippen molar-refractivity contribution in [2.24, 2.45) is 10.2 Å². The van der Waals surface area contributed by atoms with E-state index in [1.165, 1.54) is 18.5 Å². The zero-order chi connectivity index (χ0) is 17.0. The zero-order valence-corrected chi connectivity index (χ0v) is 14.2. The number of nitrogens with one attached hydrogen (secondary N) is 1. The minimum Gasteiger partial charge on any atom is -0.372 e. The molecule has 0 spiro atoms. The van der Waals surface area contributed by atoms with Gasteiger partial charge in [-0.25, -0.2) is 0 Å². The molecule has 0 bridgehead atoms. The van der Waals surface area contributed by atoms with Gasteiger partial charge < -0.3 is 10.2 Å². The molecule has 1 saturated heterocycles. The van der Waals surface area contributed by atoms with Crippen LogP contribution in [0.2, 0.25) is 0 Å². The van der Waals surface area contributed by atoms with E-state index in [2.05, 4.69) is 38.5 Å². The molecule has 0 radical (unpaired) electrons. The number of carbonyl (C=O) groups excluding carboxylic acids is 1. The standard InChI is InChI=1S/C19H24N4O/c1-3-4-10-19(21-22-19)11-9-18(24)20-17-8-7-16(14-15(17)2)23-12-5-6-13-23/h1,7-8,14H,4-6,9-13H2,2H3,(H,20,24). The highest BCUT2D eigenvalue weighted by molar-refractivity contribution is 5.91. The maximum atomic E-state index is 12.2. The first-order valence-corrected chi connectivity index (χ1v) is 8.65. The molecule has 1 fully saturated rings. The number of amides is 1. The number of benzene rings is 1. The molecule has 0 atom stereocenters. The molecule has 126 valence electrons. The first-order chi connectivity index (χ1) is 11.6. The lowest BCUT2D eigenvalue weighted by atomic mass is 10.0. The average Bonchev–Trinajstić information content (AvgIpc) is 3.13. The zero-order valence-electron chi connectivity index (χ0n) is 14.2. The fourth-order valence-corrected chi connectivity index (χ4v) is 3.15. The lowest BCUT2D eigenvalue weighted by Gasteiger charge is -2.19. The minimum atomic E-state index is -0.391. The largest absolute Gasteiger partial charge is 0.372 e. The van der Waals surface area contributed by atoms with Crippen LogP contribution in [0.1, 0.15) is 44.1 Å². The van der Waals surface area contributed by atoms with Crippen LogP contribution in [-0.4, -0.2) is 24.7 Å². The Kier molecular flexibility index (Phi) is 4.84. The van der Waals surface area contributed by atoms with Crippen molar-refractivity contribution in [2.75, 3.05) is 23.3 Å². The van der Waals surface area contributed by atoms with Gasteiger partial charge in [-0.05, 0) is 43.5 Å². The second kappa shape index (κ2) is 7.04. The van der Waals surface area contributed by atoms with Gasteiger partial charge in [0.05, 0.1) is 0 Å². The van der Waals surface area contributed by atoms with Crippen molar-refractivity contribution in [3.05, 3.63) is 23.8 Å². The molecular formula is C19H24N4O. The van der Waals surface area contributed by atoms with Crippen LogP contribution in [0, 0.1) is 19.3 Å². The molecule has 5 nitrogen and oxygen atoms in total. The highest BCUT2D eigenvalue weighted by Gasteiger charge is 2.39. The third-order valence-corrected chi connectivity index (χ3v) is 4.76. The summed E-state index contributed by atoms with van der Waals surface area (Å²) in [5, 5.41) is 11.1. The Labute approximate surface area is 143 Å². The number of rotatable bonds is 7. The van der Waals surface area contributed by atoms with E-state index in [0.29, 0.717) is 19.3 Å². The molecule has 24 heavy (non-hydrogen) atoms. The van der Waals surface area contributed by atoms with E-state index in [0.717, 1.165) is 30.8 Å². The molecule has 1 aromatic carbocycles. The average molecular weight is 324 g/mol. The van der Waals surface area contributed by atoms with Gasteiger partial charge in [-0.3, -0.25) is 4.79 Å². The predicted molar refractivity (Wildman–Crippen MR) is 96.1 cm³/mol. The number of terminal acetylenes is 1. The van der Waals surface area contributed by atoms with E-state index in [9.17, 15) is 4.79 Å². The van der Waals surface area contributed by atoms with E-state index in [-0.39, 0.29) is 5.91 Å². The number of carbonyl (C=O) groups is 1. The number of hydrogen-bond donors (Lipinski definition) is 1. The van der Waals surface area contributed by atoms with Crippen molar-refractivity contribution in [3.8, 4) is 12.3 Å². The summed E-state index contributed by atoms with van der Waals surface area (Å²) in [4.78, 5) is 14.6. The number of anilines is 2. The van der Waals surface area contributed by atoms with E-state index in [4.69, 9.17) is 6.42 Å². The Morgan fingerprint density at radius 2 is 2.08 bits per heavy atom. The second-order valence-corrected chi connectivity index (χ2v) is 6.63. The Bertz CT molecular complexity index is 677. The Balaban J connectivity index is 1.52. The quantitative estimate of drug-likeness (QED) is 0.774. The topological polar surface area (TPSA) is 57.1 Å². The van der Waals surface area contributed by atoms with Crippen LogP contribution in [0.3, 0.4) is 0 Å². The summed E-state index contributed by atoms with van der Waals surface area (Å²) in [6.45, 7) is 4.28. The van der Waals surface area contributed by atoms with Gasteiger partial charge >= 0.3 is 0 Å². The van der Waals surface area contributed by atoms with Crippen molar-refractivity contribution in [1.82, 2.24) is 0 Å². The number of hydrogen-bond acceptors (Lipinski definition) is 4. The van der Waals surface area contributed by atoms with Crippen molar-refractivity contribution >= 4 is 17.3 Å². The summed E-state index contributed by atoms with van der Waals surface area (Å²) >= 11 is 0. The predicted octanol–water partition coefficient (Wildman–Crippen LogP) is 3.89. The molecule has 0 unspecified atom stereocenters. The molecule has 0 aliphatic carbocycles. The third kappa shape index (κ3) is 3.94. The molecule has 0 saturated carbocycles. The van der Waals surface area contributed by atoms with E-state index in [1.807, 2.05) is 13.0 Å².